The number of rotatable bonds is 11. The molecule has 3 rings (SSSR count). The van der Waals surface area contributed by atoms with Crippen LogP contribution in [-0.4, -0.2) is 57.1 Å². The minimum atomic E-state index is -3.88. The van der Waals surface area contributed by atoms with Crippen LogP contribution in [0, 0.1) is 0 Å². The van der Waals surface area contributed by atoms with Crippen LogP contribution in [0.1, 0.15) is 51.0 Å². The average molecular weight is 585 g/mol. The second-order valence-electron chi connectivity index (χ2n) is 9.47. The van der Waals surface area contributed by atoms with Gasteiger partial charge in [-0.25, -0.2) is 8.42 Å². The second kappa shape index (κ2) is 13.5. The van der Waals surface area contributed by atoms with Crippen molar-refractivity contribution < 1.29 is 22.7 Å². The fourth-order valence-corrected chi connectivity index (χ4v) is 6.05. The lowest BCUT2D eigenvalue weighted by molar-refractivity contribution is -0.140. The van der Waals surface area contributed by atoms with Crippen LogP contribution in [0.15, 0.2) is 42.5 Å². The fourth-order valence-electron chi connectivity index (χ4n) is 4.73. The molecule has 2 aromatic carbocycles. The van der Waals surface area contributed by atoms with Crippen LogP contribution in [0.25, 0.3) is 0 Å². The number of hydrogen-bond acceptors (Lipinski definition) is 5. The molecule has 208 valence electrons. The fraction of sp³-hybridized carbons (Fsp3) is 0.481. The van der Waals surface area contributed by atoms with Crippen LogP contribution < -0.4 is 14.4 Å². The molecule has 38 heavy (non-hydrogen) atoms. The average Bonchev–Trinajstić information content (AvgIpc) is 2.88. The van der Waals surface area contributed by atoms with Crippen molar-refractivity contribution in [2.75, 3.05) is 24.2 Å². The predicted molar refractivity (Wildman–Crippen MR) is 151 cm³/mol. The number of nitrogens with one attached hydrogen (secondary N) is 1. The summed E-state index contributed by atoms with van der Waals surface area (Å²) in [5.41, 5.74) is 0.826. The van der Waals surface area contributed by atoms with Crippen molar-refractivity contribution in [1.82, 2.24) is 10.2 Å². The number of amides is 2. The van der Waals surface area contributed by atoms with Crippen molar-refractivity contribution in [2.24, 2.45) is 0 Å². The number of anilines is 1. The number of sulfonamides is 1. The Bertz CT molecular complexity index is 1230. The van der Waals surface area contributed by atoms with Gasteiger partial charge < -0.3 is 15.0 Å². The Hall–Kier alpha value is -2.49. The highest BCUT2D eigenvalue weighted by molar-refractivity contribution is 7.92. The molecular formula is C27H35Cl2N3O5S. The van der Waals surface area contributed by atoms with Gasteiger partial charge in [0, 0.05) is 22.6 Å². The lowest BCUT2D eigenvalue weighted by atomic mass is 9.95. The molecular weight excluding hydrogens is 549 g/mol. The number of nitrogens with zero attached hydrogens (tertiary/aromatic N) is 2. The van der Waals surface area contributed by atoms with E-state index in [-0.39, 0.29) is 24.2 Å². The van der Waals surface area contributed by atoms with Crippen LogP contribution in [0.5, 0.6) is 5.75 Å². The molecule has 2 amide bonds. The monoisotopic (exact) mass is 583 g/mol. The maximum absolute atomic E-state index is 13.9. The Morgan fingerprint density at radius 1 is 1.11 bits per heavy atom. The zero-order valence-electron chi connectivity index (χ0n) is 22.0. The third-order valence-corrected chi connectivity index (χ3v) is 8.44. The molecule has 0 spiro atoms. The summed E-state index contributed by atoms with van der Waals surface area (Å²) in [6, 6.07) is 10.7. The lowest BCUT2D eigenvalue weighted by Crippen LogP contribution is -2.54. The number of benzene rings is 2. The van der Waals surface area contributed by atoms with Crippen molar-refractivity contribution in [1.29, 1.82) is 0 Å². The minimum absolute atomic E-state index is 0.00888. The van der Waals surface area contributed by atoms with E-state index in [1.165, 1.54) is 12.0 Å². The van der Waals surface area contributed by atoms with E-state index in [0.717, 1.165) is 42.7 Å². The number of ether oxygens (including phenoxy) is 1. The quantitative estimate of drug-likeness (QED) is 0.400. The summed E-state index contributed by atoms with van der Waals surface area (Å²) >= 11 is 12.5. The van der Waals surface area contributed by atoms with Crippen molar-refractivity contribution >= 4 is 50.7 Å². The van der Waals surface area contributed by atoms with Crippen molar-refractivity contribution in [3.63, 3.8) is 0 Å². The Morgan fingerprint density at radius 3 is 2.39 bits per heavy atom. The summed E-state index contributed by atoms with van der Waals surface area (Å²) in [4.78, 5) is 28.7. The molecule has 1 N–H and O–H groups in total. The van der Waals surface area contributed by atoms with Gasteiger partial charge in [0.25, 0.3) is 0 Å². The Balaban J connectivity index is 1.96. The van der Waals surface area contributed by atoms with E-state index in [1.54, 1.807) is 42.5 Å². The van der Waals surface area contributed by atoms with Gasteiger partial charge in [-0.05, 0) is 49.1 Å². The summed E-state index contributed by atoms with van der Waals surface area (Å²) in [6.45, 7) is 1.32. The molecule has 0 saturated heterocycles. The first-order valence-corrected chi connectivity index (χ1v) is 15.3. The maximum Gasteiger partial charge on any atom is 0.244 e. The van der Waals surface area contributed by atoms with Gasteiger partial charge in [0.15, 0.2) is 0 Å². The van der Waals surface area contributed by atoms with Crippen LogP contribution in [0.4, 0.5) is 5.69 Å². The molecule has 2 aromatic rings. The molecule has 0 aromatic heterocycles. The summed E-state index contributed by atoms with van der Waals surface area (Å²) < 4.78 is 32.0. The van der Waals surface area contributed by atoms with Gasteiger partial charge in [-0.1, -0.05) is 67.6 Å². The van der Waals surface area contributed by atoms with Crippen LogP contribution in [0.3, 0.4) is 0 Å². The molecule has 0 bridgehead atoms. The lowest BCUT2D eigenvalue weighted by Gasteiger charge is -2.34. The topological polar surface area (TPSA) is 96.0 Å². The summed E-state index contributed by atoms with van der Waals surface area (Å²) in [7, 11) is -2.45. The molecule has 0 radical (unpaired) electrons. The molecule has 1 saturated carbocycles. The third-order valence-electron chi connectivity index (χ3n) is 6.73. The SMILES string of the molecule is CC[C@@H](C(=O)NC1CCCCC1)N(Cc1ccc(Cl)cc1Cl)C(=O)CN(c1ccccc1OC)S(C)(=O)=O. The molecule has 0 unspecified atom stereocenters. The first-order chi connectivity index (χ1) is 18.0. The first kappa shape index (κ1) is 30.1. The molecule has 0 heterocycles. The number of carbonyl (C=O) groups excluding carboxylic acids is 2. The number of hydrogen-bond donors (Lipinski definition) is 1. The number of carbonyl (C=O) groups is 2. The standard InChI is InChI=1S/C27H35Cl2N3O5S/c1-4-23(27(34)30-21-10-6-5-7-11-21)31(17-19-14-15-20(28)16-22(19)29)26(33)18-32(38(3,35)36)24-12-8-9-13-25(24)37-2/h8-9,12-16,21,23H,4-7,10-11,17-18H2,1-3H3,(H,30,34)/t23-/m0/s1. The number of methoxy groups -OCH3 is 1. The van der Waals surface area contributed by atoms with Gasteiger partial charge >= 0.3 is 0 Å². The summed E-state index contributed by atoms with van der Waals surface area (Å²) in [5, 5.41) is 3.90. The Morgan fingerprint density at radius 2 is 1.79 bits per heavy atom. The van der Waals surface area contributed by atoms with Crippen LogP contribution in [-0.2, 0) is 26.2 Å². The van der Waals surface area contributed by atoms with E-state index < -0.39 is 28.5 Å². The van der Waals surface area contributed by atoms with Gasteiger partial charge in [0.2, 0.25) is 21.8 Å². The Kier molecular flexibility index (Phi) is 10.7. The van der Waals surface area contributed by atoms with Crippen molar-refractivity contribution in [3.8, 4) is 5.75 Å². The molecule has 1 aliphatic carbocycles. The highest BCUT2D eigenvalue weighted by Gasteiger charge is 2.33. The largest absolute Gasteiger partial charge is 0.495 e. The molecule has 0 aliphatic heterocycles. The van der Waals surface area contributed by atoms with Gasteiger partial charge in [-0.15, -0.1) is 0 Å². The van der Waals surface area contributed by atoms with Gasteiger partial charge in [0.05, 0.1) is 19.1 Å². The van der Waals surface area contributed by atoms with E-state index in [2.05, 4.69) is 5.32 Å². The van der Waals surface area contributed by atoms with E-state index in [9.17, 15) is 18.0 Å². The molecule has 8 nitrogen and oxygen atoms in total. The van der Waals surface area contributed by atoms with Crippen LogP contribution >= 0.6 is 23.2 Å². The number of halogens is 2. The zero-order valence-corrected chi connectivity index (χ0v) is 24.3. The third kappa shape index (κ3) is 7.77. The predicted octanol–water partition coefficient (Wildman–Crippen LogP) is 5.02. The Labute approximate surface area is 235 Å². The van der Waals surface area contributed by atoms with Gasteiger partial charge in [0.1, 0.15) is 18.3 Å². The molecule has 1 fully saturated rings. The number of para-hydroxylation sites is 2. The molecule has 1 aliphatic rings. The van der Waals surface area contributed by atoms with E-state index in [4.69, 9.17) is 27.9 Å². The second-order valence-corrected chi connectivity index (χ2v) is 12.2. The van der Waals surface area contributed by atoms with E-state index in [1.807, 2.05) is 6.92 Å². The van der Waals surface area contributed by atoms with Crippen molar-refractivity contribution in [2.45, 2.75) is 64.1 Å². The first-order valence-electron chi connectivity index (χ1n) is 12.7. The van der Waals surface area contributed by atoms with Gasteiger partial charge in [-0.3, -0.25) is 13.9 Å². The smallest absolute Gasteiger partial charge is 0.244 e. The van der Waals surface area contributed by atoms with Crippen molar-refractivity contribution in [3.05, 3.63) is 58.1 Å². The minimum Gasteiger partial charge on any atom is -0.495 e. The maximum atomic E-state index is 13.9. The normalized spacial score (nSPS) is 15.0. The summed E-state index contributed by atoms with van der Waals surface area (Å²) in [5.74, 6) is -0.501. The van der Waals surface area contributed by atoms with Gasteiger partial charge in [-0.2, -0.15) is 0 Å². The highest BCUT2D eigenvalue weighted by Crippen LogP contribution is 2.30. The van der Waals surface area contributed by atoms with E-state index in [0.29, 0.717) is 27.8 Å². The van der Waals surface area contributed by atoms with E-state index >= 15 is 0 Å². The molecule has 1 atom stereocenters. The zero-order chi connectivity index (χ0) is 27.9. The van der Waals surface area contributed by atoms with Crippen LogP contribution in [0.2, 0.25) is 10.0 Å². The summed E-state index contributed by atoms with van der Waals surface area (Å²) in [6.07, 6.45) is 6.40. The highest BCUT2D eigenvalue weighted by atomic mass is 35.5. The molecule has 11 heteroatoms.